The summed E-state index contributed by atoms with van der Waals surface area (Å²) in [5.74, 6) is 0.223. The van der Waals surface area contributed by atoms with E-state index in [2.05, 4.69) is 0 Å². The van der Waals surface area contributed by atoms with Crippen LogP contribution in [0.4, 0.5) is 0 Å². The highest BCUT2D eigenvalue weighted by Crippen LogP contribution is 2.26. The molecule has 0 radical (unpaired) electrons. The molecule has 0 aromatic heterocycles. The van der Waals surface area contributed by atoms with Crippen molar-refractivity contribution in [3.63, 3.8) is 0 Å². The second kappa shape index (κ2) is 13.0. The van der Waals surface area contributed by atoms with Gasteiger partial charge in [-0.2, -0.15) is 0 Å². The number of carbonyl (C=O) groups excluding carboxylic acids is 1. The number of carbonyl (C=O) groups is 1. The highest BCUT2D eigenvalue weighted by atomic mass is 28.4. The van der Waals surface area contributed by atoms with Crippen molar-refractivity contribution < 1.29 is 32.3 Å². The molecule has 0 bridgehead atoms. The Labute approximate surface area is 163 Å². The summed E-state index contributed by atoms with van der Waals surface area (Å²) < 4.78 is 34.0. The Hall–Kier alpha value is -1.29. The van der Waals surface area contributed by atoms with Crippen LogP contribution in [0.25, 0.3) is 0 Å². The fourth-order valence-electron chi connectivity index (χ4n) is 2.52. The summed E-state index contributed by atoms with van der Waals surface area (Å²) >= 11 is 0. The van der Waals surface area contributed by atoms with Crippen LogP contribution in [-0.4, -0.2) is 54.1 Å². The van der Waals surface area contributed by atoms with Crippen LogP contribution in [0.3, 0.4) is 0 Å². The maximum Gasteiger partial charge on any atom is 0.508 e. The third-order valence-electron chi connectivity index (χ3n) is 3.49. The average Bonchev–Trinajstić information content (AvgIpc) is 2.63. The number of ketones is 1. The van der Waals surface area contributed by atoms with Gasteiger partial charge in [0.1, 0.15) is 5.75 Å². The first-order valence-corrected chi connectivity index (χ1v) is 11.4. The number of Topliss-reactive ketones (excluding diaryl/α,β-unsaturated/α-hetero) is 1. The Balaban J connectivity index is 3.04. The molecule has 7 nitrogen and oxygen atoms in total. The van der Waals surface area contributed by atoms with Crippen molar-refractivity contribution in [1.82, 2.24) is 0 Å². The van der Waals surface area contributed by atoms with Crippen molar-refractivity contribution in [2.45, 2.75) is 47.1 Å². The molecule has 1 aromatic rings. The standard InChI is InChI=1S/C19H32O7Si/c1-6-21-19(22-7-2)26-18-14-12-11-13-16(18)17(20)15-27(23-8-3,24-9-4)25-10-5/h11-14,19H,6-10,15H2,1-5H3. The zero-order chi connectivity index (χ0) is 20.1. The maximum atomic E-state index is 13.0. The van der Waals surface area contributed by atoms with Crippen molar-refractivity contribution in [3.8, 4) is 5.75 Å². The SMILES string of the molecule is CCOC(OCC)Oc1ccccc1C(=O)C[Si](OCC)(OCC)OCC. The van der Waals surface area contributed by atoms with Crippen LogP contribution in [0.1, 0.15) is 45.0 Å². The number of ether oxygens (including phenoxy) is 3. The van der Waals surface area contributed by atoms with Gasteiger partial charge in [0.15, 0.2) is 5.78 Å². The topological polar surface area (TPSA) is 72.5 Å². The molecule has 0 atom stereocenters. The van der Waals surface area contributed by atoms with Crippen molar-refractivity contribution in [2.24, 2.45) is 0 Å². The number of hydrogen-bond donors (Lipinski definition) is 0. The first-order valence-electron chi connectivity index (χ1n) is 9.49. The molecular formula is C19H32O7Si. The fourth-order valence-corrected chi connectivity index (χ4v) is 4.98. The maximum absolute atomic E-state index is 13.0. The van der Waals surface area contributed by atoms with E-state index in [1.165, 1.54) is 0 Å². The Bertz CT molecular complexity index is 530. The Morgan fingerprint density at radius 1 is 0.852 bits per heavy atom. The quantitative estimate of drug-likeness (QED) is 0.253. The fraction of sp³-hybridized carbons (Fsp3) is 0.632. The van der Waals surface area contributed by atoms with Gasteiger partial charge in [0, 0.05) is 19.8 Å². The van der Waals surface area contributed by atoms with E-state index in [0.29, 0.717) is 44.3 Å². The predicted molar refractivity (Wildman–Crippen MR) is 104 cm³/mol. The molecule has 0 aliphatic rings. The van der Waals surface area contributed by atoms with Gasteiger partial charge in [0.25, 0.3) is 0 Å². The van der Waals surface area contributed by atoms with E-state index in [0.717, 1.165) is 0 Å². The molecule has 0 fully saturated rings. The van der Waals surface area contributed by atoms with E-state index < -0.39 is 15.3 Å². The second-order valence-electron chi connectivity index (χ2n) is 5.40. The summed E-state index contributed by atoms with van der Waals surface area (Å²) in [7, 11) is -3.10. The monoisotopic (exact) mass is 400 g/mol. The second-order valence-corrected chi connectivity index (χ2v) is 7.98. The van der Waals surface area contributed by atoms with Crippen LogP contribution in [-0.2, 0) is 22.8 Å². The molecule has 0 aliphatic carbocycles. The molecule has 1 rings (SSSR count). The molecule has 154 valence electrons. The lowest BCUT2D eigenvalue weighted by atomic mass is 10.1. The molecule has 0 saturated carbocycles. The molecule has 0 N–H and O–H groups in total. The number of rotatable bonds is 15. The molecule has 0 unspecified atom stereocenters. The first-order chi connectivity index (χ1) is 13.1. The van der Waals surface area contributed by atoms with Crippen LogP contribution in [0.2, 0.25) is 6.04 Å². The van der Waals surface area contributed by atoms with Crippen molar-refractivity contribution in [1.29, 1.82) is 0 Å². The molecule has 0 saturated heterocycles. The van der Waals surface area contributed by atoms with E-state index >= 15 is 0 Å². The van der Waals surface area contributed by atoms with Crippen LogP contribution >= 0.6 is 0 Å². The lowest BCUT2D eigenvalue weighted by molar-refractivity contribution is -0.242. The Morgan fingerprint density at radius 3 is 1.85 bits per heavy atom. The third-order valence-corrected chi connectivity index (χ3v) is 6.43. The minimum Gasteiger partial charge on any atom is -0.440 e. The smallest absolute Gasteiger partial charge is 0.440 e. The van der Waals surface area contributed by atoms with Gasteiger partial charge < -0.3 is 27.5 Å². The molecule has 27 heavy (non-hydrogen) atoms. The highest BCUT2D eigenvalue weighted by Gasteiger charge is 2.43. The minimum atomic E-state index is -3.10. The predicted octanol–water partition coefficient (Wildman–Crippen LogP) is 3.65. The minimum absolute atomic E-state index is 0.0385. The lowest BCUT2D eigenvalue weighted by Crippen LogP contribution is -2.47. The zero-order valence-corrected chi connectivity index (χ0v) is 18.0. The van der Waals surface area contributed by atoms with E-state index in [-0.39, 0.29) is 11.8 Å². The molecule has 8 heteroatoms. The van der Waals surface area contributed by atoms with Gasteiger partial charge in [-0.15, -0.1) is 0 Å². The Kier molecular flexibility index (Phi) is 11.4. The lowest BCUT2D eigenvalue weighted by Gasteiger charge is -2.28. The van der Waals surface area contributed by atoms with Gasteiger partial charge in [-0.25, -0.2) is 0 Å². The molecule has 0 spiro atoms. The number of benzene rings is 1. The highest BCUT2D eigenvalue weighted by molar-refractivity contribution is 6.65. The first kappa shape index (κ1) is 23.7. The largest absolute Gasteiger partial charge is 0.508 e. The summed E-state index contributed by atoms with van der Waals surface area (Å²) in [6.45, 7) is 10.5. The van der Waals surface area contributed by atoms with E-state index in [1.54, 1.807) is 24.3 Å². The molecule has 0 amide bonds. The van der Waals surface area contributed by atoms with Crippen LogP contribution in [0.5, 0.6) is 5.75 Å². The van der Waals surface area contributed by atoms with Crippen LogP contribution in [0, 0.1) is 0 Å². The van der Waals surface area contributed by atoms with Crippen LogP contribution < -0.4 is 4.74 Å². The van der Waals surface area contributed by atoms with Crippen molar-refractivity contribution >= 4 is 14.6 Å². The van der Waals surface area contributed by atoms with Crippen LogP contribution in [0.15, 0.2) is 24.3 Å². The Morgan fingerprint density at radius 2 is 1.37 bits per heavy atom. The summed E-state index contributed by atoms with van der Waals surface area (Å²) in [6.07, 6.45) is 0. The normalized spacial score (nSPS) is 11.8. The van der Waals surface area contributed by atoms with E-state index in [4.69, 9.17) is 27.5 Å². The van der Waals surface area contributed by atoms with E-state index in [9.17, 15) is 4.79 Å². The van der Waals surface area contributed by atoms with Crippen molar-refractivity contribution in [3.05, 3.63) is 29.8 Å². The third kappa shape index (κ3) is 7.69. The average molecular weight is 401 g/mol. The molecular weight excluding hydrogens is 368 g/mol. The zero-order valence-electron chi connectivity index (χ0n) is 17.0. The number of hydrogen-bond acceptors (Lipinski definition) is 7. The van der Waals surface area contributed by atoms with Crippen molar-refractivity contribution in [2.75, 3.05) is 33.0 Å². The summed E-state index contributed by atoms with van der Waals surface area (Å²) in [5.41, 5.74) is 0.415. The van der Waals surface area contributed by atoms with Gasteiger partial charge in [0.05, 0.1) is 24.8 Å². The van der Waals surface area contributed by atoms with Gasteiger partial charge >= 0.3 is 15.3 Å². The summed E-state index contributed by atoms with van der Waals surface area (Å²) in [5, 5.41) is 0. The van der Waals surface area contributed by atoms with E-state index in [1.807, 2.05) is 34.6 Å². The van der Waals surface area contributed by atoms with Gasteiger partial charge in [-0.1, -0.05) is 12.1 Å². The van der Waals surface area contributed by atoms with Gasteiger partial charge in [-0.3, -0.25) is 4.79 Å². The molecule has 0 heterocycles. The summed E-state index contributed by atoms with van der Waals surface area (Å²) in [4.78, 5) is 13.0. The molecule has 0 aliphatic heterocycles. The van der Waals surface area contributed by atoms with Gasteiger partial charge in [-0.05, 0) is 46.8 Å². The van der Waals surface area contributed by atoms with Gasteiger partial charge in [0.2, 0.25) is 0 Å². The number of para-hydroxylation sites is 1. The summed E-state index contributed by atoms with van der Waals surface area (Å²) in [6, 6.07) is 7.02. The molecule has 1 aromatic carbocycles.